The standard InChI is InChI=1S/C31H37N3O4/c1-21(26-14-8-12-23-11-6-7-13-27(23)26)32-19-25-17-18-34(20-28(25)24-9-4-3-5-10-24)30(36)16-15-29(31(37)38)33-22(2)35/h3-14,21,25,28-29,32H,15-20H2,1-2H3,(H,33,35)(H,37,38)/t21?,25?,28?,29-/m0/s1. The van der Waals surface area contributed by atoms with Crippen molar-refractivity contribution >= 4 is 28.6 Å². The molecule has 38 heavy (non-hydrogen) atoms. The fourth-order valence-corrected chi connectivity index (χ4v) is 5.54. The summed E-state index contributed by atoms with van der Waals surface area (Å²) in [5, 5.41) is 18.0. The number of carbonyl (C=O) groups excluding carboxylic acids is 2. The van der Waals surface area contributed by atoms with E-state index in [2.05, 4.69) is 72.2 Å². The highest BCUT2D eigenvalue weighted by atomic mass is 16.4. The van der Waals surface area contributed by atoms with Crippen LogP contribution in [0.5, 0.6) is 0 Å². The molecule has 0 saturated carbocycles. The molecule has 1 heterocycles. The first-order chi connectivity index (χ1) is 18.3. The largest absolute Gasteiger partial charge is 0.480 e. The fraction of sp³-hybridized carbons (Fsp3) is 0.387. The summed E-state index contributed by atoms with van der Waals surface area (Å²) in [4.78, 5) is 37.7. The summed E-state index contributed by atoms with van der Waals surface area (Å²) < 4.78 is 0. The Morgan fingerprint density at radius 3 is 2.45 bits per heavy atom. The summed E-state index contributed by atoms with van der Waals surface area (Å²) in [6.07, 6.45) is 1.02. The number of nitrogens with one attached hydrogen (secondary N) is 2. The molecule has 0 spiro atoms. The minimum Gasteiger partial charge on any atom is -0.480 e. The van der Waals surface area contributed by atoms with Gasteiger partial charge in [-0.15, -0.1) is 0 Å². The number of piperidine rings is 1. The zero-order chi connectivity index (χ0) is 27.1. The molecule has 4 rings (SSSR count). The molecule has 3 N–H and O–H groups in total. The lowest BCUT2D eigenvalue weighted by atomic mass is 9.80. The van der Waals surface area contributed by atoms with Crippen molar-refractivity contribution in [3.8, 4) is 0 Å². The molecule has 4 atom stereocenters. The molecule has 3 aromatic carbocycles. The van der Waals surface area contributed by atoms with Crippen LogP contribution in [0, 0.1) is 5.92 Å². The predicted molar refractivity (Wildman–Crippen MR) is 149 cm³/mol. The molecule has 0 aliphatic carbocycles. The third-order valence-corrected chi connectivity index (χ3v) is 7.63. The van der Waals surface area contributed by atoms with Crippen LogP contribution in [0.3, 0.4) is 0 Å². The Hall–Kier alpha value is -3.71. The van der Waals surface area contributed by atoms with E-state index in [1.54, 1.807) is 0 Å². The van der Waals surface area contributed by atoms with Crippen LogP contribution in [0.25, 0.3) is 10.8 Å². The normalized spacial score (nSPS) is 19.1. The van der Waals surface area contributed by atoms with Crippen LogP contribution in [-0.2, 0) is 14.4 Å². The molecule has 7 heteroatoms. The van der Waals surface area contributed by atoms with Gasteiger partial charge in [-0.25, -0.2) is 4.79 Å². The molecule has 1 aliphatic heterocycles. The number of benzene rings is 3. The number of nitrogens with zero attached hydrogens (tertiary/aromatic N) is 1. The summed E-state index contributed by atoms with van der Waals surface area (Å²) in [6, 6.07) is 24.3. The average Bonchev–Trinajstić information content (AvgIpc) is 2.93. The maximum absolute atomic E-state index is 13.1. The maximum Gasteiger partial charge on any atom is 0.326 e. The second kappa shape index (κ2) is 12.7. The SMILES string of the molecule is CC(=O)N[C@@H](CCC(=O)N1CCC(CNC(C)c2cccc3ccccc23)C(c2ccccc2)C1)C(=O)O. The van der Waals surface area contributed by atoms with Crippen LogP contribution in [0.2, 0.25) is 0 Å². The third kappa shape index (κ3) is 6.78. The van der Waals surface area contributed by atoms with Crippen molar-refractivity contribution in [1.29, 1.82) is 0 Å². The summed E-state index contributed by atoms with van der Waals surface area (Å²) in [7, 11) is 0. The van der Waals surface area contributed by atoms with Gasteiger partial charge in [-0.1, -0.05) is 72.8 Å². The van der Waals surface area contributed by atoms with Crippen molar-refractivity contribution in [2.45, 2.75) is 51.1 Å². The number of carbonyl (C=O) groups is 3. The minimum absolute atomic E-state index is 0.0712. The van der Waals surface area contributed by atoms with Gasteiger partial charge in [0.2, 0.25) is 11.8 Å². The van der Waals surface area contributed by atoms with E-state index in [0.717, 1.165) is 13.0 Å². The van der Waals surface area contributed by atoms with E-state index in [9.17, 15) is 19.5 Å². The van der Waals surface area contributed by atoms with Crippen LogP contribution < -0.4 is 10.6 Å². The first-order valence-corrected chi connectivity index (χ1v) is 13.4. The van der Waals surface area contributed by atoms with E-state index in [4.69, 9.17) is 0 Å². The zero-order valence-corrected chi connectivity index (χ0v) is 22.1. The van der Waals surface area contributed by atoms with Gasteiger partial charge in [0.25, 0.3) is 0 Å². The number of fused-ring (bicyclic) bond motifs is 1. The van der Waals surface area contributed by atoms with Crippen molar-refractivity contribution in [3.63, 3.8) is 0 Å². The molecule has 3 aromatic rings. The van der Waals surface area contributed by atoms with Crippen molar-refractivity contribution in [1.82, 2.24) is 15.5 Å². The lowest BCUT2D eigenvalue weighted by Gasteiger charge is -2.40. The lowest BCUT2D eigenvalue weighted by Crippen LogP contribution is -2.46. The zero-order valence-electron chi connectivity index (χ0n) is 22.1. The first kappa shape index (κ1) is 27.3. The molecule has 7 nitrogen and oxygen atoms in total. The maximum atomic E-state index is 13.1. The number of likely N-dealkylation sites (tertiary alicyclic amines) is 1. The summed E-state index contributed by atoms with van der Waals surface area (Å²) >= 11 is 0. The van der Waals surface area contributed by atoms with Crippen molar-refractivity contribution in [3.05, 3.63) is 83.9 Å². The number of amides is 2. The van der Waals surface area contributed by atoms with E-state index < -0.39 is 17.9 Å². The van der Waals surface area contributed by atoms with E-state index in [-0.39, 0.29) is 30.7 Å². The van der Waals surface area contributed by atoms with Gasteiger partial charge < -0.3 is 20.6 Å². The molecule has 1 fully saturated rings. The monoisotopic (exact) mass is 515 g/mol. The summed E-state index contributed by atoms with van der Waals surface area (Å²) in [5.74, 6) is -1.09. The van der Waals surface area contributed by atoms with Crippen molar-refractivity contribution in [2.24, 2.45) is 5.92 Å². The number of carboxylic acids is 1. The molecule has 1 aliphatic rings. The Bertz CT molecular complexity index is 1260. The van der Waals surface area contributed by atoms with E-state index in [0.29, 0.717) is 19.0 Å². The Morgan fingerprint density at radius 1 is 1.00 bits per heavy atom. The number of hydrogen-bond donors (Lipinski definition) is 3. The fourth-order valence-electron chi connectivity index (χ4n) is 5.54. The van der Waals surface area contributed by atoms with Gasteiger partial charge in [0.1, 0.15) is 6.04 Å². The smallest absolute Gasteiger partial charge is 0.326 e. The van der Waals surface area contributed by atoms with Gasteiger partial charge >= 0.3 is 5.97 Å². The van der Waals surface area contributed by atoms with Crippen LogP contribution in [0.4, 0.5) is 0 Å². The van der Waals surface area contributed by atoms with Crippen LogP contribution in [0.1, 0.15) is 56.2 Å². The minimum atomic E-state index is -1.12. The number of hydrogen-bond acceptors (Lipinski definition) is 4. The molecule has 0 radical (unpaired) electrons. The topological polar surface area (TPSA) is 98.7 Å². The predicted octanol–water partition coefficient (Wildman–Crippen LogP) is 4.49. The second-order valence-electron chi connectivity index (χ2n) is 10.2. The lowest BCUT2D eigenvalue weighted by molar-refractivity contribution is -0.142. The first-order valence-electron chi connectivity index (χ1n) is 13.4. The molecule has 0 bridgehead atoms. The Labute approximate surface area is 224 Å². The molecule has 200 valence electrons. The highest BCUT2D eigenvalue weighted by molar-refractivity contribution is 5.86. The molecule has 3 unspecified atom stereocenters. The van der Waals surface area contributed by atoms with E-state index >= 15 is 0 Å². The Balaban J connectivity index is 1.42. The van der Waals surface area contributed by atoms with Gasteiger partial charge in [0.05, 0.1) is 0 Å². The van der Waals surface area contributed by atoms with Crippen molar-refractivity contribution in [2.75, 3.05) is 19.6 Å². The summed E-state index contributed by atoms with van der Waals surface area (Å²) in [6.45, 7) is 5.54. The highest BCUT2D eigenvalue weighted by Gasteiger charge is 2.33. The van der Waals surface area contributed by atoms with Gasteiger partial charge in [0, 0.05) is 38.4 Å². The Kier molecular flexibility index (Phi) is 9.13. The van der Waals surface area contributed by atoms with Crippen LogP contribution >= 0.6 is 0 Å². The van der Waals surface area contributed by atoms with E-state index in [1.165, 1.54) is 28.8 Å². The molecular formula is C31H37N3O4. The molecule has 1 saturated heterocycles. The van der Waals surface area contributed by atoms with Gasteiger partial charge in [-0.05, 0) is 54.1 Å². The van der Waals surface area contributed by atoms with E-state index in [1.807, 2.05) is 23.1 Å². The van der Waals surface area contributed by atoms with Crippen LogP contribution in [-0.4, -0.2) is 53.5 Å². The number of aliphatic carboxylic acids is 1. The van der Waals surface area contributed by atoms with Gasteiger partial charge in [0.15, 0.2) is 0 Å². The summed E-state index contributed by atoms with van der Waals surface area (Å²) in [5.41, 5.74) is 2.48. The van der Waals surface area contributed by atoms with Crippen molar-refractivity contribution < 1.29 is 19.5 Å². The number of carboxylic acid groups (broad SMARTS) is 1. The van der Waals surface area contributed by atoms with Crippen LogP contribution in [0.15, 0.2) is 72.8 Å². The molecule has 2 amide bonds. The van der Waals surface area contributed by atoms with Gasteiger partial charge in [-0.2, -0.15) is 0 Å². The second-order valence-corrected chi connectivity index (χ2v) is 10.2. The molecule has 0 aromatic heterocycles. The van der Waals surface area contributed by atoms with Gasteiger partial charge in [-0.3, -0.25) is 9.59 Å². The Morgan fingerprint density at radius 2 is 1.71 bits per heavy atom. The number of rotatable bonds is 10. The average molecular weight is 516 g/mol. The third-order valence-electron chi connectivity index (χ3n) is 7.63. The highest BCUT2D eigenvalue weighted by Crippen LogP contribution is 2.33. The quantitative estimate of drug-likeness (QED) is 0.370. The molecular weight excluding hydrogens is 478 g/mol.